The van der Waals surface area contributed by atoms with Crippen molar-refractivity contribution in [3.63, 3.8) is 0 Å². The van der Waals surface area contributed by atoms with E-state index in [1.54, 1.807) is 18.2 Å². The van der Waals surface area contributed by atoms with Crippen LogP contribution in [0.3, 0.4) is 0 Å². The lowest BCUT2D eigenvalue weighted by Gasteiger charge is -2.31. The van der Waals surface area contributed by atoms with Gasteiger partial charge in [0.15, 0.2) is 17.5 Å². The second-order valence-electron chi connectivity index (χ2n) is 6.23. The molecule has 130 valence electrons. The maximum Gasteiger partial charge on any atom is 0.309 e. The monoisotopic (exact) mass is 335 g/mol. The predicted octanol–water partition coefficient (Wildman–Crippen LogP) is 0.210. The van der Waals surface area contributed by atoms with Gasteiger partial charge in [0.25, 0.3) is 5.91 Å². The highest BCUT2D eigenvalue weighted by molar-refractivity contribution is 5.94. The van der Waals surface area contributed by atoms with Crippen LogP contribution >= 0.6 is 0 Å². The van der Waals surface area contributed by atoms with Gasteiger partial charge in [-0.15, -0.1) is 0 Å². The quantitative estimate of drug-likeness (QED) is 0.769. The zero-order chi connectivity index (χ0) is 17.1. The minimum absolute atomic E-state index is 0.0390. The summed E-state index contributed by atoms with van der Waals surface area (Å²) in [5.74, 6) is 1.11. The second-order valence-corrected chi connectivity index (χ2v) is 6.23. The molecule has 0 unspecified atom stereocenters. The molecule has 1 aromatic rings. The highest BCUT2D eigenvalue weighted by Crippen LogP contribution is 2.34. The van der Waals surface area contributed by atoms with Gasteiger partial charge in [0.2, 0.25) is 6.79 Å². The lowest BCUT2D eigenvalue weighted by atomic mass is 9.96. The van der Waals surface area contributed by atoms with Crippen LogP contribution in [0.4, 0.5) is 5.69 Å². The smallest absolute Gasteiger partial charge is 0.309 e. The summed E-state index contributed by atoms with van der Waals surface area (Å²) in [6.45, 7) is 3.70. The highest BCUT2D eigenvalue weighted by atomic mass is 16.7. The molecule has 1 aromatic carbocycles. The van der Waals surface area contributed by atoms with E-state index in [0.29, 0.717) is 17.2 Å². The number of nitrogens with one attached hydrogen (secondary N) is 2. The number of carbonyl (C=O) groups excluding carboxylic acids is 2. The molecule has 0 bridgehead atoms. The fourth-order valence-corrected chi connectivity index (χ4v) is 3.23. The number of likely N-dealkylation sites (tertiary alicyclic amines) is 1. The van der Waals surface area contributed by atoms with E-state index in [2.05, 4.69) is 5.32 Å². The molecule has 1 fully saturated rings. The van der Waals surface area contributed by atoms with E-state index >= 15 is 0 Å². The lowest BCUT2D eigenvalue weighted by Crippen LogP contribution is -3.17. The molecule has 24 heavy (non-hydrogen) atoms. The second kappa shape index (κ2) is 7.09. The number of hydrogen-bond acceptors (Lipinski definition) is 5. The molecular formula is C17H23N2O5+. The number of esters is 1. The number of fused-ring (bicyclic) bond motifs is 1. The first kappa shape index (κ1) is 16.6. The molecule has 0 aromatic heterocycles. The standard InChI is InChI=1S/C17H22N2O5/c1-11(19-7-5-12(6-8-19)17(21)22-2)16(20)18-13-3-4-14-15(9-13)24-10-23-14/h3-4,9,11-12H,5-8,10H2,1-2H3,(H,18,20)/p+1/t11-/m0/s1. The summed E-state index contributed by atoms with van der Waals surface area (Å²) in [7, 11) is 1.42. The molecule has 2 aliphatic heterocycles. The molecule has 1 amide bonds. The van der Waals surface area contributed by atoms with Gasteiger partial charge in [-0.3, -0.25) is 9.59 Å². The van der Waals surface area contributed by atoms with Crippen molar-refractivity contribution in [2.45, 2.75) is 25.8 Å². The Kier molecular flexibility index (Phi) is 4.89. The number of piperidine rings is 1. The van der Waals surface area contributed by atoms with Crippen LogP contribution < -0.4 is 19.7 Å². The zero-order valence-electron chi connectivity index (χ0n) is 14.0. The van der Waals surface area contributed by atoms with Crippen LogP contribution in [0, 0.1) is 5.92 Å². The Balaban J connectivity index is 1.55. The Morgan fingerprint density at radius 2 is 1.96 bits per heavy atom. The van der Waals surface area contributed by atoms with Gasteiger partial charge in [0.1, 0.15) is 0 Å². The van der Waals surface area contributed by atoms with Crippen molar-refractivity contribution in [2.24, 2.45) is 5.92 Å². The van der Waals surface area contributed by atoms with Gasteiger partial charge in [0.05, 0.1) is 26.1 Å². The van der Waals surface area contributed by atoms with E-state index in [0.717, 1.165) is 25.9 Å². The van der Waals surface area contributed by atoms with E-state index < -0.39 is 0 Å². The van der Waals surface area contributed by atoms with Gasteiger partial charge in [-0.25, -0.2) is 0 Å². The summed E-state index contributed by atoms with van der Waals surface area (Å²) in [5, 5.41) is 2.93. The van der Waals surface area contributed by atoms with Crippen LogP contribution in [0.1, 0.15) is 19.8 Å². The average Bonchev–Trinajstić information content (AvgIpc) is 3.08. The van der Waals surface area contributed by atoms with Crippen LogP contribution in [-0.4, -0.2) is 44.9 Å². The fraction of sp³-hybridized carbons (Fsp3) is 0.529. The summed E-state index contributed by atoms with van der Waals surface area (Å²) < 4.78 is 15.4. The van der Waals surface area contributed by atoms with Gasteiger partial charge in [-0.05, 0) is 19.1 Å². The van der Waals surface area contributed by atoms with Crippen molar-refractivity contribution in [1.82, 2.24) is 0 Å². The minimum Gasteiger partial charge on any atom is -0.469 e. The third-order valence-corrected chi connectivity index (χ3v) is 4.81. The number of anilines is 1. The summed E-state index contributed by atoms with van der Waals surface area (Å²) >= 11 is 0. The molecule has 1 saturated heterocycles. The zero-order valence-corrected chi connectivity index (χ0v) is 14.0. The molecule has 2 aliphatic rings. The molecule has 2 N–H and O–H groups in total. The molecule has 0 aliphatic carbocycles. The van der Waals surface area contributed by atoms with Crippen LogP contribution in [0.25, 0.3) is 0 Å². The normalized spacial score (nSPS) is 23.4. The topological polar surface area (TPSA) is 78.3 Å². The number of amides is 1. The Hall–Kier alpha value is -2.28. The van der Waals surface area contributed by atoms with Crippen LogP contribution in [0.2, 0.25) is 0 Å². The van der Waals surface area contributed by atoms with Gasteiger partial charge in [-0.2, -0.15) is 0 Å². The highest BCUT2D eigenvalue weighted by Gasteiger charge is 2.33. The molecule has 0 spiro atoms. The number of quaternary nitrogens is 1. The predicted molar refractivity (Wildman–Crippen MR) is 86.1 cm³/mol. The van der Waals surface area contributed by atoms with E-state index in [9.17, 15) is 9.59 Å². The largest absolute Gasteiger partial charge is 0.469 e. The lowest BCUT2D eigenvalue weighted by molar-refractivity contribution is -0.919. The van der Waals surface area contributed by atoms with Crippen molar-refractivity contribution in [3.05, 3.63) is 18.2 Å². The van der Waals surface area contributed by atoms with Crippen molar-refractivity contribution in [1.29, 1.82) is 0 Å². The molecule has 2 heterocycles. The SMILES string of the molecule is COC(=O)C1CC[NH+]([C@@H](C)C(=O)Nc2ccc3c(c2)OCO3)CC1. The fourth-order valence-electron chi connectivity index (χ4n) is 3.23. The third-order valence-electron chi connectivity index (χ3n) is 4.81. The van der Waals surface area contributed by atoms with Gasteiger partial charge in [-0.1, -0.05) is 0 Å². The number of ether oxygens (including phenoxy) is 3. The van der Waals surface area contributed by atoms with E-state index in [1.807, 2.05) is 6.92 Å². The molecule has 0 radical (unpaired) electrons. The van der Waals surface area contributed by atoms with Crippen LogP contribution in [0.5, 0.6) is 11.5 Å². The van der Waals surface area contributed by atoms with Crippen molar-refractivity contribution >= 4 is 17.6 Å². The molecular weight excluding hydrogens is 312 g/mol. The number of benzene rings is 1. The molecule has 7 nitrogen and oxygen atoms in total. The molecule has 3 rings (SSSR count). The first-order valence-electron chi connectivity index (χ1n) is 8.21. The summed E-state index contributed by atoms with van der Waals surface area (Å²) in [5.41, 5.74) is 0.694. The maximum absolute atomic E-state index is 12.5. The number of methoxy groups -OCH3 is 1. The Morgan fingerprint density at radius 1 is 1.25 bits per heavy atom. The minimum atomic E-state index is -0.186. The van der Waals surface area contributed by atoms with Gasteiger partial charge in [0, 0.05) is 24.6 Å². The first-order chi connectivity index (χ1) is 11.6. The molecule has 7 heteroatoms. The summed E-state index contributed by atoms with van der Waals surface area (Å²) in [6, 6.07) is 5.18. The van der Waals surface area contributed by atoms with Crippen LogP contribution in [0.15, 0.2) is 18.2 Å². The third kappa shape index (κ3) is 3.46. The molecule has 1 atom stereocenters. The first-order valence-corrected chi connectivity index (χ1v) is 8.21. The Morgan fingerprint density at radius 3 is 2.67 bits per heavy atom. The summed E-state index contributed by atoms with van der Waals surface area (Å²) in [4.78, 5) is 25.3. The molecule has 0 saturated carbocycles. The van der Waals surface area contributed by atoms with Crippen molar-refractivity contribution in [2.75, 3.05) is 32.3 Å². The Bertz CT molecular complexity index is 625. The Labute approximate surface area is 140 Å². The van der Waals surface area contributed by atoms with Crippen LogP contribution in [-0.2, 0) is 14.3 Å². The van der Waals surface area contributed by atoms with E-state index in [4.69, 9.17) is 14.2 Å². The average molecular weight is 335 g/mol. The van der Waals surface area contributed by atoms with Crippen molar-refractivity contribution < 1.29 is 28.7 Å². The summed E-state index contributed by atoms with van der Waals surface area (Å²) in [6.07, 6.45) is 1.51. The number of carbonyl (C=O) groups is 2. The maximum atomic E-state index is 12.5. The van der Waals surface area contributed by atoms with Crippen molar-refractivity contribution in [3.8, 4) is 11.5 Å². The van der Waals surface area contributed by atoms with E-state index in [1.165, 1.54) is 12.0 Å². The van der Waals surface area contributed by atoms with Gasteiger partial charge < -0.3 is 24.4 Å². The van der Waals surface area contributed by atoms with E-state index in [-0.39, 0.29) is 30.6 Å². The number of rotatable bonds is 4. The van der Waals surface area contributed by atoms with Gasteiger partial charge >= 0.3 is 5.97 Å². The number of hydrogen-bond donors (Lipinski definition) is 2.